The van der Waals surface area contributed by atoms with Crippen molar-refractivity contribution in [2.75, 3.05) is 37.4 Å². The van der Waals surface area contributed by atoms with Gasteiger partial charge in [-0.2, -0.15) is 0 Å². The van der Waals surface area contributed by atoms with Crippen LogP contribution in [0.2, 0.25) is 78.6 Å². The first-order valence-electron chi connectivity index (χ1n) is 11.1. The van der Waals surface area contributed by atoms with Crippen LogP contribution in [-0.2, 0) is 26.6 Å². The molecule has 0 saturated carbocycles. The summed E-state index contributed by atoms with van der Waals surface area (Å²) in [7, 11) is -11.5. The van der Waals surface area contributed by atoms with Crippen molar-refractivity contribution < 1.29 is 26.6 Å². The molecule has 0 aromatic carbocycles. The van der Waals surface area contributed by atoms with E-state index >= 15 is 0 Å². The first kappa shape index (κ1) is 29.1. The first-order valence-corrected chi connectivity index (χ1v) is 29.8. The van der Waals surface area contributed by atoms with Crippen LogP contribution >= 0.6 is 0 Å². The van der Waals surface area contributed by atoms with Crippen molar-refractivity contribution in [1.29, 1.82) is 0 Å². The van der Waals surface area contributed by atoms with E-state index < -0.39 is 49.9 Å². The zero-order valence-corrected chi connectivity index (χ0v) is 27.7. The molecule has 1 aliphatic rings. The van der Waals surface area contributed by atoms with Gasteiger partial charge in [0.25, 0.3) is 0 Å². The lowest BCUT2D eigenvalue weighted by Crippen LogP contribution is -2.54. The van der Waals surface area contributed by atoms with Crippen molar-refractivity contribution in [3.05, 3.63) is 0 Å². The Morgan fingerprint density at radius 3 is 0.467 bits per heavy atom. The quantitative estimate of drug-likeness (QED) is 0.429. The van der Waals surface area contributed by atoms with E-state index in [1.54, 1.807) is 0 Å². The molecule has 0 aromatic heterocycles. The Labute approximate surface area is 192 Å². The standard InChI is InChI=1S/C18H48O6Si6/c1-25(2)13-20-27(5,6)15-22-29(9,10)17-24-30(11,12)18-23-28(7,8)16-21-26(3,4)14-19-25/h13-18H2,1-12H3. The van der Waals surface area contributed by atoms with Gasteiger partial charge in [-0.1, -0.05) is 0 Å². The van der Waals surface area contributed by atoms with Crippen LogP contribution in [0.4, 0.5) is 0 Å². The summed E-state index contributed by atoms with van der Waals surface area (Å²) in [6.45, 7) is 26.9. The highest BCUT2D eigenvalue weighted by Gasteiger charge is 2.38. The number of hydrogen-bond donors (Lipinski definition) is 0. The summed E-state index contributed by atoms with van der Waals surface area (Å²) in [5.74, 6) is 0. The van der Waals surface area contributed by atoms with Crippen molar-refractivity contribution >= 4 is 49.9 Å². The van der Waals surface area contributed by atoms with Crippen LogP contribution < -0.4 is 0 Å². The van der Waals surface area contributed by atoms with Gasteiger partial charge in [-0.05, 0) is 78.6 Å². The molecule has 180 valence electrons. The molecular weight excluding hydrogens is 481 g/mol. The van der Waals surface area contributed by atoms with Crippen LogP contribution in [-0.4, -0.2) is 87.3 Å². The summed E-state index contributed by atoms with van der Waals surface area (Å²) in [6, 6.07) is 0. The van der Waals surface area contributed by atoms with E-state index in [4.69, 9.17) is 26.6 Å². The maximum atomic E-state index is 6.43. The van der Waals surface area contributed by atoms with Crippen LogP contribution in [0.5, 0.6) is 0 Å². The van der Waals surface area contributed by atoms with Crippen LogP contribution in [0.15, 0.2) is 0 Å². The lowest BCUT2D eigenvalue weighted by molar-refractivity contribution is 0.235. The van der Waals surface area contributed by atoms with Crippen molar-refractivity contribution in [1.82, 2.24) is 0 Å². The first-order chi connectivity index (χ1) is 13.2. The normalized spacial score (nSPS) is 30.0. The minimum absolute atomic E-state index is 0.710. The summed E-state index contributed by atoms with van der Waals surface area (Å²) >= 11 is 0. The minimum atomic E-state index is -1.92. The molecule has 0 atom stereocenters. The van der Waals surface area contributed by atoms with Gasteiger partial charge in [-0.25, -0.2) is 0 Å². The van der Waals surface area contributed by atoms with E-state index in [9.17, 15) is 0 Å². The van der Waals surface area contributed by atoms with Gasteiger partial charge in [-0.15, -0.1) is 0 Å². The second-order valence-corrected chi connectivity index (χ2v) is 36.9. The third-order valence-electron chi connectivity index (χ3n) is 4.86. The predicted octanol–water partition coefficient (Wildman–Crippen LogP) is 4.57. The molecule has 0 bridgehead atoms. The van der Waals surface area contributed by atoms with E-state index in [0.717, 1.165) is 0 Å². The van der Waals surface area contributed by atoms with Gasteiger partial charge in [0, 0.05) is 0 Å². The summed E-state index contributed by atoms with van der Waals surface area (Å²) in [4.78, 5) is 0. The average molecular weight is 529 g/mol. The molecular formula is C18H48O6Si6. The third kappa shape index (κ3) is 12.3. The molecule has 0 amide bonds. The molecule has 1 fully saturated rings. The van der Waals surface area contributed by atoms with Gasteiger partial charge in [0.2, 0.25) is 49.9 Å². The smallest absolute Gasteiger partial charge is 0.210 e. The fraction of sp³-hybridized carbons (Fsp3) is 1.00. The Kier molecular flexibility index (Phi) is 10.2. The van der Waals surface area contributed by atoms with Crippen LogP contribution in [0.1, 0.15) is 0 Å². The molecule has 30 heavy (non-hydrogen) atoms. The molecule has 0 aliphatic carbocycles. The van der Waals surface area contributed by atoms with Gasteiger partial charge >= 0.3 is 0 Å². The monoisotopic (exact) mass is 528 g/mol. The van der Waals surface area contributed by atoms with Crippen molar-refractivity contribution in [3.63, 3.8) is 0 Å². The predicted molar refractivity (Wildman–Crippen MR) is 141 cm³/mol. The Hall–Kier alpha value is 1.06. The summed E-state index contributed by atoms with van der Waals surface area (Å²) < 4.78 is 38.6. The largest absolute Gasteiger partial charge is 0.416 e. The molecule has 0 N–H and O–H groups in total. The lowest BCUT2D eigenvalue weighted by Gasteiger charge is -2.36. The van der Waals surface area contributed by atoms with Crippen LogP contribution in [0.3, 0.4) is 0 Å². The lowest BCUT2D eigenvalue weighted by atomic mass is 11.6. The maximum Gasteiger partial charge on any atom is 0.210 e. The molecule has 0 radical (unpaired) electrons. The van der Waals surface area contributed by atoms with Gasteiger partial charge in [0.1, 0.15) is 0 Å². The fourth-order valence-corrected chi connectivity index (χ4v) is 20.7. The SMILES string of the molecule is C[Si]1(C)CO[Si](C)(C)CO[Si](C)(C)CO[Si](C)(C)CO[Si](C)(C)CO[Si](C)(C)CO1. The Bertz CT molecular complexity index is 393. The Morgan fingerprint density at radius 2 is 0.367 bits per heavy atom. The van der Waals surface area contributed by atoms with E-state index in [-0.39, 0.29) is 0 Å². The molecule has 12 heteroatoms. The second-order valence-electron chi connectivity index (χ2n) is 12.3. The molecule has 1 heterocycles. The number of hydrogen-bond acceptors (Lipinski definition) is 6. The van der Waals surface area contributed by atoms with Gasteiger partial charge in [0.05, 0.1) is 37.4 Å². The van der Waals surface area contributed by atoms with Crippen molar-refractivity contribution in [3.8, 4) is 0 Å². The zero-order chi connectivity index (χ0) is 23.5. The summed E-state index contributed by atoms with van der Waals surface area (Å²) in [5.41, 5.74) is 0. The fourth-order valence-electron chi connectivity index (χ4n) is 2.47. The van der Waals surface area contributed by atoms with Crippen LogP contribution in [0.25, 0.3) is 0 Å². The zero-order valence-electron chi connectivity index (χ0n) is 21.7. The molecule has 1 rings (SSSR count). The van der Waals surface area contributed by atoms with Crippen molar-refractivity contribution in [2.24, 2.45) is 0 Å². The number of rotatable bonds is 0. The van der Waals surface area contributed by atoms with E-state index in [0.29, 0.717) is 37.4 Å². The minimum Gasteiger partial charge on any atom is -0.416 e. The summed E-state index contributed by atoms with van der Waals surface area (Å²) in [6.07, 6.45) is 4.26. The van der Waals surface area contributed by atoms with Crippen molar-refractivity contribution in [2.45, 2.75) is 78.6 Å². The maximum absolute atomic E-state index is 6.43. The summed E-state index contributed by atoms with van der Waals surface area (Å²) in [5, 5.41) is 0. The highest BCUT2D eigenvalue weighted by atomic mass is 28.4. The molecule has 1 aliphatic heterocycles. The van der Waals surface area contributed by atoms with Gasteiger partial charge < -0.3 is 26.6 Å². The molecule has 0 unspecified atom stereocenters. The topological polar surface area (TPSA) is 55.4 Å². The van der Waals surface area contributed by atoms with E-state index in [1.807, 2.05) is 0 Å². The van der Waals surface area contributed by atoms with E-state index in [2.05, 4.69) is 78.6 Å². The Balaban J connectivity index is 2.96. The van der Waals surface area contributed by atoms with Crippen LogP contribution in [0, 0.1) is 0 Å². The Morgan fingerprint density at radius 1 is 0.267 bits per heavy atom. The highest BCUT2D eigenvalue weighted by Crippen LogP contribution is 2.20. The second kappa shape index (κ2) is 10.5. The molecule has 0 spiro atoms. The molecule has 6 nitrogen and oxygen atoms in total. The average Bonchev–Trinajstić information content (AvgIpc) is 2.60. The van der Waals surface area contributed by atoms with Gasteiger partial charge in [0.15, 0.2) is 0 Å². The molecule has 1 saturated heterocycles. The molecule has 0 aromatic rings. The highest BCUT2D eigenvalue weighted by molar-refractivity contribution is 6.79. The van der Waals surface area contributed by atoms with Gasteiger partial charge in [-0.3, -0.25) is 0 Å². The van der Waals surface area contributed by atoms with E-state index in [1.165, 1.54) is 0 Å². The third-order valence-corrected chi connectivity index (χ3v) is 17.2.